The quantitative estimate of drug-likeness (QED) is 0.329. The zero-order chi connectivity index (χ0) is 16.4. The number of nitrogens with zero attached hydrogens (tertiary/aromatic N) is 1. The van der Waals surface area contributed by atoms with Gasteiger partial charge in [-0.2, -0.15) is 0 Å². The molecule has 0 unspecified atom stereocenters. The molecule has 0 N–H and O–H groups in total. The van der Waals surface area contributed by atoms with E-state index in [2.05, 4.69) is 27.6 Å². The highest BCUT2D eigenvalue weighted by Gasteiger charge is 2.36. The molecule has 2 aromatic rings. The summed E-state index contributed by atoms with van der Waals surface area (Å²) in [6.07, 6.45) is 0. The van der Waals surface area contributed by atoms with Gasteiger partial charge in [0.25, 0.3) is 5.78 Å². The first kappa shape index (κ1) is 15.6. The van der Waals surface area contributed by atoms with E-state index in [0.29, 0.717) is 11.3 Å². The maximum atomic E-state index is 12.2. The summed E-state index contributed by atoms with van der Waals surface area (Å²) in [6, 6.07) is 16.7. The number of carbonyl (C=O) groups excluding carboxylic acids is 2. The molecule has 0 amide bonds. The number of benzene rings is 2. The fraction of sp³-hybridized carbons (Fsp3) is 0.0556. The van der Waals surface area contributed by atoms with Gasteiger partial charge >= 0.3 is 5.97 Å². The highest BCUT2D eigenvalue weighted by molar-refractivity contribution is 14.1. The average molecular weight is 417 g/mol. The molecule has 0 bridgehead atoms. The summed E-state index contributed by atoms with van der Waals surface area (Å²) >= 11 is 2.21. The lowest BCUT2D eigenvalue weighted by atomic mass is 10.0. The van der Waals surface area contributed by atoms with Crippen LogP contribution in [0.1, 0.15) is 12.5 Å². The number of esters is 1. The van der Waals surface area contributed by atoms with Gasteiger partial charge in [0.2, 0.25) is 0 Å². The second kappa shape index (κ2) is 6.45. The number of Topliss-reactive ketones (excluding diaryl/α,β-unsaturated/α-hetero) is 1. The molecule has 23 heavy (non-hydrogen) atoms. The minimum absolute atomic E-state index is 0.222. The number of halogens is 1. The largest absolute Gasteiger partial charge is 0.419 e. The minimum atomic E-state index is -0.865. The van der Waals surface area contributed by atoms with Gasteiger partial charge in [0.1, 0.15) is 0 Å². The number of rotatable bonds is 3. The lowest BCUT2D eigenvalue weighted by molar-refractivity contribution is -0.144. The van der Waals surface area contributed by atoms with Crippen LogP contribution in [0.25, 0.3) is 5.76 Å². The summed E-state index contributed by atoms with van der Waals surface area (Å²) in [5, 5.41) is 0. The van der Waals surface area contributed by atoms with E-state index in [0.717, 1.165) is 9.26 Å². The summed E-state index contributed by atoms with van der Waals surface area (Å²) in [5.74, 6) is -1.25. The molecule has 1 aliphatic heterocycles. The normalized spacial score (nSPS) is 15.1. The molecular formula is C18H12INO3. The van der Waals surface area contributed by atoms with Crippen LogP contribution < -0.4 is 0 Å². The molecular weight excluding hydrogens is 405 g/mol. The van der Waals surface area contributed by atoms with Crippen molar-refractivity contribution in [3.8, 4) is 0 Å². The fourth-order valence-electron chi connectivity index (χ4n) is 2.28. The van der Waals surface area contributed by atoms with Crippen LogP contribution in [0.3, 0.4) is 0 Å². The molecule has 5 heteroatoms. The Morgan fingerprint density at radius 3 is 2.30 bits per heavy atom. The van der Waals surface area contributed by atoms with Crippen molar-refractivity contribution in [2.45, 2.75) is 6.92 Å². The van der Waals surface area contributed by atoms with Gasteiger partial charge in [-0.05, 0) is 53.8 Å². The molecule has 1 heterocycles. The Balaban J connectivity index is 2.07. The smallest absolute Gasteiger partial charge is 0.385 e. The number of hydrogen-bond acceptors (Lipinski definition) is 4. The number of aliphatic imine (C=N–C) groups is 1. The predicted molar refractivity (Wildman–Crippen MR) is 96.4 cm³/mol. The van der Waals surface area contributed by atoms with Crippen LogP contribution in [0, 0.1) is 3.57 Å². The van der Waals surface area contributed by atoms with E-state index in [9.17, 15) is 9.59 Å². The van der Waals surface area contributed by atoms with Crippen molar-refractivity contribution in [1.82, 2.24) is 0 Å². The van der Waals surface area contributed by atoms with Gasteiger partial charge in [0.05, 0.1) is 17.0 Å². The predicted octanol–water partition coefficient (Wildman–Crippen LogP) is 3.92. The molecule has 3 rings (SSSR count). The number of ketones is 1. The number of ether oxygens (including phenoxy) is 1. The van der Waals surface area contributed by atoms with Crippen LogP contribution in [0.15, 0.2) is 65.2 Å². The van der Waals surface area contributed by atoms with Crippen LogP contribution in [0.5, 0.6) is 0 Å². The number of carbonyl (C=O) groups is 2. The Bertz CT molecular complexity index is 836. The molecule has 0 radical (unpaired) electrons. The molecule has 2 aromatic carbocycles. The van der Waals surface area contributed by atoms with E-state index in [1.165, 1.54) is 0 Å². The number of cyclic esters (lactones) is 1. The first-order valence-electron chi connectivity index (χ1n) is 6.93. The van der Waals surface area contributed by atoms with Gasteiger partial charge in [-0.25, -0.2) is 4.79 Å². The average Bonchev–Trinajstić information content (AvgIpc) is 2.86. The van der Waals surface area contributed by atoms with Crippen molar-refractivity contribution in [2.75, 3.05) is 0 Å². The van der Waals surface area contributed by atoms with Gasteiger partial charge in [-0.15, -0.1) is 0 Å². The van der Waals surface area contributed by atoms with Crippen molar-refractivity contribution in [3.63, 3.8) is 0 Å². The minimum Gasteiger partial charge on any atom is -0.419 e. The summed E-state index contributed by atoms with van der Waals surface area (Å²) in [7, 11) is 0. The summed E-state index contributed by atoms with van der Waals surface area (Å²) in [5.41, 5.74) is 2.08. The van der Waals surface area contributed by atoms with Crippen LogP contribution in [0.4, 0.5) is 5.69 Å². The SMILES string of the molecule is CC(=Nc1ccc(I)cc1)C1=C(c2ccccc2)OC(=O)C1=O. The molecule has 114 valence electrons. The van der Waals surface area contributed by atoms with E-state index >= 15 is 0 Å². The third-order valence-corrected chi connectivity index (χ3v) is 4.07. The van der Waals surface area contributed by atoms with Crippen molar-refractivity contribution in [3.05, 3.63) is 69.3 Å². The molecule has 0 spiro atoms. The Kier molecular flexibility index (Phi) is 4.38. The van der Waals surface area contributed by atoms with Crippen molar-refractivity contribution in [2.24, 2.45) is 4.99 Å². The maximum Gasteiger partial charge on any atom is 0.385 e. The molecule has 0 saturated heterocycles. The first-order valence-corrected chi connectivity index (χ1v) is 8.01. The van der Waals surface area contributed by atoms with Gasteiger partial charge in [-0.1, -0.05) is 30.3 Å². The van der Waals surface area contributed by atoms with Gasteiger partial charge in [-0.3, -0.25) is 9.79 Å². The Labute approximate surface area is 147 Å². The molecule has 0 aromatic heterocycles. The van der Waals surface area contributed by atoms with E-state index < -0.39 is 11.8 Å². The Morgan fingerprint density at radius 2 is 1.65 bits per heavy atom. The second-order valence-corrected chi connectivity index (χ2v) is 6.21. The van der Waals surface area contributed by atoms with Crippen molar-refractivity contribution in [1.29, 1.82) is 0 Å². The van der Waals surface area contributed by atoms with Crippen LogP contribution in [-0.2, 0) is 14.3 Å². The third-order valence-electron chi connectivity index (χ3n) is 3.36. The molecule has 0 saturated carbocycles. The molecule has 1 aliphatic rings. The Morgan fingerprint density at radius 1 is 1.00 bits per heavy atom. The number of hydrogen-bond donors (Lipinski definition) is 0. The third kappa shape index (κ3) is 3.24. The molecule has 4 nitrogen and oxygen atoms in total. The highest BCUT2D eigenvalue weighted by Crippen LogP contribution is 2.29. The zero-order valence-corrected chi connectivity index (χ0v) is 14.4. The molecule has 0 aliphatic carbocycles. The maximum absolute atomic E-state index is 12.2. The Hall–Kier alpha value is -2.28. The lowest BCUT2D eigenvalue weighted by Crippen LogP contribution is -2.13. The van der Waals surface area contributed by atoms with E-state index in [1.807, 2.05) is 42.5 Å². The molecule has 0 atom stereocenters. The molecule has 0 fully saturated rings. The van der Waals surface area contributed by atoms with Gasteiger partial charge in [0.15, 0.2) is 5.76 Å². The van der Waals surface area contributed by atoms with Crippen molar-refractivity contribution < 1.29 is 14.3 Å². The summed E-state index contributed by atoms with van der Waals surface area (Å²) in [4.78, 5) is 28.3. The van der Waals surface area contributed by atoms with Crippen LogP contribution in [0.2, 0.25) is 0 Å². The summed E-state index contributed by atoms with van der Waals surface area (Å²) < 4.78 is 6.26. The highest BCUT2D eigenvalue weighted by atomic mass is 127. The van der Waals surface area contributed by atoms with Crippen molar-refractivity contribution >= 4 is 51.5 Å². The van der Waals surface area contributed by atoms with E-state index in [1.54, 1.807) is 19.1 Å². The van der Waals surface area contributed by atoms with Crippen LogP contribution in [-0.4, -0.2) is 17.5 Å². The second-order valence-electron chi connectivity index (χ2n) is 4.96. The fourth-order valence-corrected chi connectivity index (χ4v) is 2.64. The van der Waals surface area contributed by atoms with E-state index in [-0.39, 0.29) is 11.3 Å². The lowest BCUT2D eigenvalue weighted by Gasteiger charge is -2.04. The monoisotopic (exact) mass is 417 g/mol. The zero-order valence-electron chi connectivity index (χ0n) is 12.2. The standard InChI is InChI=1S/C18H12INO3/c1-11(20-14-9-7-13(19)8-10-14)15-16(21)18(22)23-17(15)12-5-3-2-4-6-12/h2-10H,1H3. The summed E-state index contributed by atoms with van der Waals surface area (Å²) in [6.45, 7) is 1.70. The van der Waals surface area contributed by atoms with Crippen LogP contribution >= 0.6 is 22.6 Å². The topological polar surface area (TPSA) is 55.7 Å². The van der Waals surface area contributed by atoms with Gasteiger partial charge < -0.3 is 4.74 Å². The first-order chi connectivity index (χ1) is 11.1. The van der Waals surface area contributed by atoms with Gasteiger partial charge in [0, 0.05) is 9.13 Å². The van der Waals surface area contributed by atoms with E-state index in [4.69, 9.17) is 4.74 Å².